The Morgan fingerprint density at radius 3 is 2.95 bits per heavy atom. The van der Waals surface area contributed by atoms with Crippen molar-refractivity contribution in [2.45, 2.75) is 31.8 Å². The van der Waals surface area contributed by atoms with Gasteiger partial charge in [-0.3, -0.25) is 4.79 Å². The topological polar surface area (TPSA) is 72.5 Å². The number of anilines is 2. The number of amides is 1. The average Bonchev–Trinajstić information content (AvgIpc) is 2.57. The molecule has 122 valence electrons. The van der Waals surface area contributed by atoms with Crippen LogP contribution in [0.2, 0.25) is 25.7 Å². The Morgan fingerprint density at radius 1 is 1.45 bits per heavy atom. The van der Waals surface area contributed by atoms with Crippen LogP contribution in [0, 0.1) is 0 Å². The highest BCUT2D eigenvalue weighted by Crippen LogP contribution is 2.25. The molecule has 2 heterocycles. The molecule has 1 atom stereocenters. The highest BCUT2D eigenvalue weighted by atomic mass is 79.9. The lowest BCUT2D eigenvalue weighted by molar-refractivity contribution is -0.137. The van der Waals surface area contributed by atoms with Gasteiger partial charge in [0.1, 0.15) is 6.79 Å². The quantitative estimate of drug-likeness (QED) is 0.446. The third kappa shape index (κ3) is 5.35. The van der Waals surface area contributed by atoms with E-state index in [4.69, 9.17) is 9.47 Å². The van der Waals surface area contributed by atoms with Crippen LogP contribution in [-0.2, 0) is 14.3 Å². The Morgan fingerprint density at radius 2 is 2.23 bits per heavy atom. The Hall–Kier alpha value is -0.963. The highest BCUT2D eigenvalue weighted by Gasteiger charge is 2.25. The molecule has 0 bridgehead atoms. The molecule has 1 aliphatic rings. The molecule has 0 fully saturated rings. The second kappa shape index (κ2) is 7.54. The number of carbonyl (C=O) groups excluding carboxylic acids is 1. The van der Waals surface area contributed by atoms with E-state index in [1.54, 1.807) is 6.20 Å². The summed E-state index contributed by atoms with van der Waals surface area (Å²) in [5.41, 5.74) is 0.772. The first-order chi connectivity index (χ1) is 10.3. The van der Waals surface area contributed by atoms with Crippen LogP contribution < -0.4 is 10.6 Å². The molecule has 22 heavy (non-hydrogen) atoms. The number of fused-ring (bicyclic) bond motifs is 1. The molecule has 0 spiro atoms. The minimum absolute atomic E-state index is 0.123. The van der Waals surface area contributed by atoms with Gasteiger partial charge >= 0.3 is 0 Å². The lowest BCUT2D eigenvalue weighted by Gasteiger charge is -2.17. The van der Waals surface area contributed by atoms with E-state index in [1.165, 1.54) is 0 Å². The van der Waals surface area contributed by atoms with Crippen LogP contribution in [0.25, 0.3) is 0 Å². The lowest BCUT2D eigenvalue weighted by Crippen LogP contribution is -2.35. The summed E-state index contributed by atoms with van der Waals surface area (Å²) in [4.78, 5) is 16.3. The molecule has 0 aromatic carbocycles. The van der Waals surface area contributed by atoms with Gasteiger partial charge in [-0.05, 0) is 28.0 Å². The molecular weight excluding hydrogens is 366 g/mol. The van der Waals surface area contributed by atoms with Gasteiger partial charge in [-0.1, -0.05) is 19.6 Å². The number of ether oxygens (including phenoxy) is 2. The van der Waals surface area contributed by atoms with E-state index < -0.39 is 14.2 Å². The number of nitrogens with one attached hydrogen (secondary N) is 2. The summed E-state index contributed by atoms with van der Waals surface area (Å²) in [6.07, 6.45) is 1.04. The molecule has 1 aromatic rings. The Kier molecular flexibility index (Phi) is 5.96. The zero-order valence-electron chi connectivity index (χ0n) is 13.1. The first-order valence-corrected chi connectivity index (χ1v) is 11.7. The molecule has 6 nitrogen and oxygen atoms in total. The normalized spacial score (nSPS) is 18.2. The second-order valence-electron chi connectivity index (χ2n) is 6.41. The Bertz CT molecular complexity index is 537. The minimum Gasteiger partial charge on any atom is -0.379 e. The zero-order chi connectivity index (χ0) is 16.2. The molecule has 0 aliphatic carbocycles. The largest absolute Gasteiger partial charge is 0.379 e. The Labute approximate surface area is 140 Å². The molecule has 1 aromatic heterocycles. The van der Waals surface area contributed by atoms with Gasteiger partial charge in [-0.15, -0.1) is 0 Å². The highest BCUT2D eigenvalue weighted by molar-refractivity contribution is 9.10. The summed E-state index contributed by atoms with van der Waals surface area (Å²) < 4.78 is 11.9. The number of nitrogens with zero attached hydrogens (tertiary/aromatic N) is 1. The first-order valence-electron chi connectivity index (χ1n) is 7.25. The summed E-state index contributed by atoms with van der Waals surface area (Å²) in [7, 11) is -1.10. The summed E-state index contributed by atoms with van der Waals surface area (Å²) in [6, 6.07) is 2.95. The number of rotatable bonds is 6. The van der Waals surface area contributed by atoms with E-state index >= 15 is 0 Å². The fraction of sp³-hybridized carbons (Fsp3) is 0.571. The van der Waals surface area contributed by atoms with Gasteiger partial charge in [0.2, 0.25) is 0 Å². The smallest absolute Gasteiger partial charge is 0.256 e. The standard InChI is InChI=1S/C14H22BrN3O3Si/c1-22(2,3)5-4-20-9-21-12-8-16-11-6-10(15)7-17-13(11)18-14(12)19/h6-7,12,16H,4-5,8-9H2,1-3H3,(H,17,18,19). The van der Waals surface area contributed by atoms with Crippen LogP contribution in [0.15, 0.2) is 16.7 Å². The van der Waals surface area contributed by atoms with Crippen LogP contribution in [0.4, 0.5) is 11.5 Å². The third-order valence-electron chi connectivity index (χ3n) is 3.22. The molecule has 2 N–H and O–H groups in total. The maximum atomic E-state index is 12.1. The predicted molar refractivity (Wildman–Crippen MR) is 92.9 cm³/mol. The van der Waals surface area contributed by atoms with E-state index in [1.807, 2.05) is 6.07 Å². The van der Waals surface area contributed by atoms with Crippen molar-refractivity contribution in [2.24, 2.45) is 0 Å². The fourth-order valence-electron chi connectivity index (χ4n) is 1.87. The van der Waals surface area contributed by atoms with Crippen molar-refractivity contribution >= 4 is 41.4 Å². The maximum absolute atomic E-state index is 12.1. The molecule has 1 unspecified atom stereocenters. The van der Waals surface area contributed by atoms with Crippen LogP contribution in [0.3, 0.4) is 0 Å². The molecule has 8 heteroatoms. The summed E-state index contributed by atoms with van der Waals surface area (Å²) in [5, 5.41) is 5.92. The van der Waals surface area contributed by atoms with Gasteiger partial charge in [0, 0.05) is 25.4 Å². The van der Waals surface area contributed by atoms with E-state index in [0.717, 1.165) is 16.2 Å². The average molecular weight is 388 g/mol. The van der Waals surface area contributed by atoms with E-state index in [-0.39, 0.29) is 12.7 Å². The number of hydrogen-bond donors (Lipinski definition) is 2. The first kappa shape index (κ1) is 17.4. The van der Waals surface area contributed by atoms with Gasteiger partial charge in [0.25, 0.3) is 5.91 Å². The van der Waals surface area contributed by atoms with Crippen LogP contribution in [0.1, 0.15) is 0 Å². The van der Waals surface area contributed by atoms with Crippen molar-refractivity contribution in [3.8, 4) is 0 Å². The predicted octanol–water partition coefficient (Wildman–Crippen LogP) is 2.91. The van der Waals surface area contributed by atoms with Crippen LogP contribution in [-0.4, -0.2) is 45.0 Å². The number of halogens is 1. The maximum Gasteiger partial charge on any atom is 0.256 e. The van der Waals surface area contributed by atoms with Crippen molar-refractivity contribution in [3.63, 3.8) is 0 Å². The molecule has 2 rings (SSSR count). The van der Waals surface area contributed by atoms with E-state index in [2.05, 4.69) is 51.2 Å². The van der Waals surface area contributed by atoms with Crippen molar-refractivity contribution in [2.75, 3.05) is 30.6 Å². The van der Waals surface area contributed by atoms with Gasteiger partial charge in [-0.2, -0.15) is 0 Å². The number of pyridine rings is 1. The third-order valence-corrected chi connectivity index (χ3v) is 5.35. The molecule has 1 amide bonds. The molecular formula is C14H22BrN3O3Si. The van der Waals surface area contributed by atoms with Crippen molar-refractivity contribution < 1.29 is 14.3 Å². The minimum atomic E-state index is -1.10. The lowest BCUT2D eigenvalue weighted by atomic mass is 10.3. The molecule has 0 saturated heterocycles. The van der Waals surface area contributed by atoms with E-state index in [0.29, 0.717) is 19.0 Å². The van der Waals surface area contributed by atoms with Gasteiger partial charge in [0.15, 0.2) is 11.9 Å². The van der Waals surface area contributed by atoms with Crippen molar-refractivity contribution in [1.82, 2.24) is 4.98 Å². The molecule has 1 aliphatic heterocycles. The zero-order valence-corrected chi connectivity index (χ0v) is 15.7. The Balaban J connectivity index is 1.81. The summed E-state index contributed by atoms with van der Waals surface area (Å²) >= 11 is 3.36. The van der Waals surface area contributed by atoms with Crippen molar-refractivity contribution in [1.29, 1.82) is 0 Å². The SMILES string of the molecule is C[Si](C)(C)CCOCOC1CNc2cc(Br)cnc2NC1=O. The summed E-state index contributed by atoms with van der Waals surface area (Å²) in [6.45, 7) is 8.06. The second-order valence-corrected chi connectivity index (χ2v) is 12.9. The van der Waals surface area contributed by atoms with Crippen molar-refractivity contribution in [3.05, 3.63) is 16.7 Å². The van der Waals surface area contributed by atoms with E-state index in [9.17, 15) is 4.79 Å². The number of aromatic nitrogens is 1. The van der Waals surface area contributed by atoms with Crippen LogP contribution in [0.5, 0.6) is 0 Å². The van der Waals surface area contributed by atoms with Gasteiger partial charge < -0.3 is 20.1 Å². The number of hydrogen-bond acceptors (Lipinski definition) is 5. The molecule has 0 radical (unpaired) electrons. The molecule has 0 saturated carbocycles. The number of carbonyl (C=O) groups is 1. The monoisotopic (exact) mass is 387 g/mol. The fourth-order valence-corrected chi connectivity index (χ4v) is 2.96. The van der Waals surface area contributed by atoms with Crippen LogP contribution >= 0.6 is 15.9 Å². The summed E-state index contributed by atoms with van der Waals surface area (Å²) in [5.74, 6) is 0.300. The van der Waals surface area contributed by atoms with Gasteiger partial charge in [-0.25, -0.2) is 4.98 Å². The van der Waals surface area contributed by atoms with Gasteiger partial charge in [0.05, 0.1) is 12.2 Å².